The van der Waals surface area contributed by atoms with Gasteiger partial charge in [0.2, 0.25) is 0 Å². The highest BCUT2D eigenvalue weighted by atomic mass is 35.5. The number of benzene rings is 1. The van der Waals surface area contributed by atoms with Crippen LogP contribution >= 0.6 is 11.6 Å². The molecule has 1 aliphatic rings. The first-order valence-electron chi connectivity index (χ1n) is 5.20. The third-order valence-electron chi connectivity index (χ3n) is 2.70. The van der Waals surface area contributed by atoms with Crippen molar-refractivity contribution >= 4 is 29.1 Å². The first-order valence-corrected chi connectivity index (χ1v) is 5.58. The van der Waals surface area contributed by atoms with Crippen molar-refractivity contribution in [2.75, 3.05) is 0 Å². The summed E-state index contributed by atoms with van der Waals surface area (Å²) < 4.78 is 0. The molecule has 0 aromatic heterocycles. The van der Waals surface area contributed by atoms with E-state index >= 15 is 0 Å². The number of rotatable bonds is 2. The van der Waals surface area contributed by atoms with Crippen LogP contribution in [0.4, 0.5) is 5.69 Å². The third-order valence-corrected chi connectivity index (χ3v) is 3.00. The number of nitrogens with zero attached hydrogens (tertiary/aromatic N) is 2. The van der Waals surface area contributed by atoms with Crippen LogP contribution in [0.5, 0.6) is 0 Å². The minimum absolute atomic E-state index is 0.0322. The molecule has 18 heavy (non-hydrogen) atoms. The van der Waals surface area contributed by atoms with E-state index < -0.39 is 16.7 Å². The van der Waals surface area contributed by atoms with E-state index in [0.29, 0.717) is 0 Å². The van der Waals surface area contributed by atoms with Gasteiger partial charge in [-0.15, -0.1) is 0 Å². The van der Waals surface area contributed by atoms with Crippen LogP contribution in [0.1, 0.15) is 34.6 Å². The summed E-state index contributed by atoms with van der Waals surface area (Å²) in [5.74, 6) is -0.994. The monoisotopic (exact) mass is 268 g/mol. The average Bonchev–Trinajstić information content (AvgIpc) is 2.49. The molecule has 0 saturated carbocycles. The Hall–Kier alpha value is -1.95. The predicted octanol–water partition coefficient (Wildman–Crippen LogP) is 2.25. The Morgan fingerprint density at radius 2 is 1.72 bits per heavy atom. The lowest BCUT2D eigenvalue weighted by atomic mass is 10.1. The number of amides is 2. The van der Waals surface area contributed by atoms with E-state index in [0.717, 1.165) is 11.0 Å². The van der Waals surface area contributed by atoms with Gasteiger partial charge in [-0.3, -0.25) is 24.6 Å². The highest BCUT2D eigenvalue weighted by Crippen LogP contribution is 2.33. The van der Waals surface area contributed by atoms with Crippen molar-refractivity contribution in [2.24, 2.45) is 0 Å². The Bertz CT molecular complexity index is 583. The van der Waals surface area contributed by atoms with Gasteiger partial charge in [-0.25, -0.2) is 0 Å². The van der Waals surface area contributed by atoms with Gasteiger partial charge in [0, 0.05) is 12.1 Å². The van der Waals surface area contributed by atoms with Crippen LogP contribution in [0.25, 0.3) is 0 Å². The maximum Gasteiger partial charge on any atom is 0.288 e. The molecule has 0 N–H and O–H groups in total. The van der Waals surface area contributed by atoms with Crippen LogP contribution in [0, 0.1) is 10.1 Å². The van der Waals surface area contributed by atoms with Crippen LogP contribution in [0.3, 0.4) is 0 Å². The van der Waals surface area contributed by atoms with E-state index in [1.54, 1.807) is 13.8 Å². The lowest BCUT2D eigenvalue weighted by Crippen LogP contribution is -2.35. The normalized spacial score (nSPS) is 14.3. The highest BCUT2D eigenvalue weighted by molar-refractivity contribution is 6.34. The van der Waals surface area contributed by atoms with Crippen LogP contribution in [-0.2, 0) is 0 Å². The molecule has 1 aliphatic heterocycles. The molecule has 0 unspecified atom stereocenters. The number of nitro groups is 1. The van der Waals surface area contributed by atoms with E-state index in [1.807, 2.05) is 0 Å². The Labute approximate surface area is 107 Å². The zero-order valence-corrected chi connectivity index (χ0v) is 10.4. The molecule has 7 heteroatoms. The number of hydrogen-bond donors (Lipinski definition) is 0. The van der Waals surface area contributed by atoms with Crippen molar-refractivity contribution < 1.29 is 14.5 Å². The number of fused-ring (bicyclic) bond motifs is 1. The summed E-state index contributed by atoms with van der Waals surface area (Å²) in [5.41, 5.74) is -0.226. The molecule has 6 nitrogen and oxygen atoms in total. The molecule has 0 atom stereocenters. The number of carbonyl (C=O) groups excluding carboxylic acids is 2. The predicted molar refractivity (Wildman–Crippen MR) is 63.7 cm³/mol. The summed E-state index contributed by atoms with van der Waals surface area (Å²) in [5, 5.41) is 10.6. The molecule has 0 radical (unpaired) electrons. The fourth-order valence-electron chi connectivity index (χ4n) is 1.88. The Kier molecular flexibility index (Phi) is 2.82. The summed E-state index contributed by atoms with van der Waals surface area (Å²) in [4.78, 5) is 35.0. The maximum atomic E-state index is 12.0. The summed E-state index contributed by atoms with van der Waals surface area (Å²) in [7, 11) is 0. The molecule has 2 rings (SSSR count). The van der Waals surface area contributed by atoms with Gasteiger partial charge in [0.1, 0.15) is 5.02 Å². The summed E-state index contributed by atoms with van der Waals surface area (Å²) in [6.45, 7) is 3.38. The average molecular weight is 269 g/mol. The summed E-state index contributed by atoms with van der Waals surface area (Å²) >= 11 is 5.72. The molecule has 1 heterocycles. The van der Waals surface area contributed by atoms with E-state index in [1.165, 1.54) is 6.07 Å². The molecular weight excluding hydrogens is 260 g/mol. The van der Waals surface area contributed by atoms with E-state index in [2.05, 4.69) is 0 Å². The molecule has 1 aromatic rings. The fourth-order valence-corrected chi connectivity index (χ4v) is 2.11. The van der Waals surface area contributed by atoms with Gasteiger partial charge in [0.25, 0.3) is 17.5 Å². The van der Waals surface area contributed by atoms with E-state index in [9.17, 15) is 19.7 Å². The Morgan fingerprint density at radius 1 is 1.22 bits per heavy atom. The highest BCUT2D eigenvalue weighted by Gasteiger charge is 2.39. The number of hydrogen-bond acceptors (Lipinski definition) is 4. The Morgan fingerprint density at radius 3 is 2.17 bits per heavy atom. The van der Waals surface area contributed by atoms with Gasteiger partial charge in [0.15, 0.2) is 0 Å². The first-order chi connectivity index (χ1) is 8.34. The smallest absolute Gasteiger partial charge is 0.272 e. The van der Waals surface area contributed by atoms with Gasteiger partial charge < -0.3 is 0 Å². The lowest BCUT2D eigenvalue weighted by molar-refractivity contribution is -0.384. The minimum Gasteiger partial charge on any atom is -0.272 e. The molecule has 2 amide bonds. The third kappa shape index (κ3) is 1.65. The zero-order chi connectivity index (χ0) is 13.6. The molecular formula is C11H9ClN2O4. The maximum absolute atomic E-state index is 12.0. The molecule has 0 fully saturated rings. The zero-order valence-electron chi connectivity index (χ0n) is 9.64. The molecule has 1 aromatic carbocycles. The number of imide groups is 1. The van der Waals surface area contributed by atoms with Crippen LogP contribution in [-0.4, -0.2) is 27.7 Å². The lowest BCUT2D eigenvalue weighted by Gasteiger charge is -2.17. The second kappa shape index (κ2) is 4.06. The van der Waals surface area contributed by atoms with Crippen molar-refractivity contribution in [3.05, 3.63) is 38.4 Å². The van der Waals surface area contributed by atoms with Crippen LogP contribution in [0.2, 0.25) is 5.02 Å². The molecule has 0 spiro atoms. The van der Waals surface area contributed by atoms with E-state index in [-0.39, 0.29) is 27.9 Å². The van der Waals surface area contributed by atoms with Gasteiger partial charge in [-0.1, -0.05) is 11.6 Å². The van der Waals surface area contributed by atoms with Crippen LogP contribution in [0.15, 0.2) is 12.1 Å². The van der Waals surface area contributed by atoms with Crippen molar-refractivity contribution in [1.82, 2.24) is 4.90 Å². The molecule has 94 valence electrons. The molecule has 0 saturated heterocycles. The van der Waals surface area contributed by atoms with E-state index in [4.69, 9.17) is 11.6 Å². The summed E-state index contributed by atoms with van der Waals surface area (Å²) in [6.07, 6.45) is 0. The van der Waals surface area contributed by atoms with Crippen molar-refractivity contribution in [2.45, 2.75) is 19.9 Å². The number of carbonyl (C=O) groups is 2. The van der Waals surface area contributed by atoms with Crippen LogP contribution < -0.4 is 0 Å². The first kappa shape index (κ1) is 12.5. The number of halogens is 1. The topological polar surface area (TPSA) is 80.5 Å². The molecule has 0 bridgehead atoms. The van der Waals surface area contributed by atoms with Gasteiger partial charge in [-0.2, -0.15) is 0 Å². The molecule has 0 aliphatic carbocycles. The fraction of sp³-hybridized carbons (Fsp3) is 0.273. The number of nitro benzene ring substituents is 1. The second-order valence-corrected chi connectivity index (χ2v) is 4.59. The van der Waals surface area contributed by atoms with Crippen molar-refractivity contribution in [3.8, 4) is 0 Å². The Balaban J connectivity index is 2.63. The summed E-state index contributed by atoms with van der Waals surface area (Å²) in [6, 6.07) is 1.92. The standard InChI is InChI=1S/C11H9ClN2O4/c1-5(2)13-10(15)6-3-8(12)9(14(17)18)4-7(6)11(13)16/h3-5H,1-2H3. The van der Waals surface area contributed by atoms with Crippen molar-refractivity contribution in [3.63, 3.8) is 0 Å². The quantitative estimate of drug-likeness (QED) is 0.468. The largest absolute Gasteiger partial charge is 0.288 e. The second-order valence-electron chi connectivity index (χ2n) is 4.18. The van der Waals surface area contributed by atoms with Gasteiger partial charge in [0.05, 0.1) is 16.1 Å². The van der Waals surface area contributed by atoms with Gasteiger partial charge in [-0.05, 0) is 19.9 Å². The van der Waals surface area contributed by atoms with Gasteiger partial charge >= 0.3 is 0 Å². The SMILES string of the molecule is CC(C)N1C(=O)c2cc(Cl)c([N+](=O)[O-])cc2C1=O. The minimum atomic E-state index is -0.682. The van der Waals surface area contributed by atoms with Crippen molar-refractivity contribution in [1.29, 1.82) is 0 Å².